The van der Waals surface area contributed by atoms with Gasteiger partial charge in [-0.1, -0.05) is 27.7 Å². The van der Waals surface area contributed by atoms with Crippen LogP contribution in [0.2, 0.25) is 0 Å². The summed E-state index contributed by atoms with van der Waals surface area (Å²) in [7, 11) is 0. The molecule has 0 fully saturated rings. The SMILES string of the molecule is CC(=O)NCC(C)CCC(C)C(=O)NCC(C)C. The smallest absolute Gasteiger partial charge is 0.222 e. The van der Waals surface area contributed by atoms with Crippen LogP contribution in [0, 0.1) is 17.8 Å². The maximum Gasteiger partial charge on any atom is 0.222 e. The second kappa shape index (κ2) is 8.95. The summed E-state index contributed by atoms with van der Waals surface area (Å²) in [6.45, 7) is 11.2. The molecule has 0 aromatic heterocycles. The standard InChI is InChI=1S/C14H28N2O2/c1-10(2)8-16-14(18)12(4)7-6-11(3)9-15-13(5)17/h10-12H,6-9H2,1-5H3,(H,15,17)(H,16,18). The van der Waals surface area contributed by atoms with Crippen molar-refractivity contribution in [2.75, 3.05) is 13.1 Å². The molecule has 18 heavy (non-hydrogen) atoms. The van der Waals surface area contributed by atoms with Crippen molar-refractivity contribution in [1.82, 2.24) is 10.6 Å². The van der Waals surface area contributed by atoms with Gasteiger partial charge in [-0.25, -0.2) is 0 Å². The second-order valence-corrected chi connectivity index (χ2v) is 5.66. The summed E-state index contributed by atoms with van der Waals surface area (Å²) >= 11 is 0. The highest BCUT2D eigenvalue weighted by atomic mass is 16.2. The van der Waals surface area contributed by atoms with E-state index in [1.54, 1.807) is 0 Å². The Morgan fingerprint density at radius 1 is 0.944 bits per heavy atom. The molecular formula is C14H28N2O2. The maximum absolute atomic E-state index is 11.7. The minimum absolute atomic E-state index is 0.00424. The number of hydrogen-bond acceptors (Lipinski definition) is 2. The van der Waals surface area contributed by atoms with Crippen LogP contribution in [0.25, 0.3) is 0 Å². The zero-order valence-corrected chi connectivity index (χ0v) is 12.4. The van der Waals surface area contributed by atoms with E-state index in [1.165, 1.54) is 6.92 Å². The Kier molecular flexibility index (Phi) is 8.42. The number of hydrogen-bond donors (Lipinski definition) is 2. The van der Waals surface area contributed by atoms with Gasteiger partial charge in [-0.3, -0.25) is 9.59 Å². The Balaban J connectivity index is 3.77. The van der Waals surface area contributed by atoms with Crippen LogP contribution in [0.5, 0.6) is 0 Å². The van der Waals surface area contributed by atoms with Gasteiger partial charge in [0.15, 0.2) is 0 Å². The van der Waals surface area contributed by atoms with Crippen LogP contribution >= 0.6 is 0 Å². The van der Waals surface area contributed by atoms with Crippen LogP contribution < -0.4 is 10.6 Å². The average molecular weight is 256 g/mol. The van der Waals surface area contributed by atoms with E-state index in [-0.39, 0.29) is 17.7 Å². The second-order valence-electron chi connectivity index (χ2n) is 5.66. The molecule has 0 bridgehead atoms. The fraction of sp³-hybridized carbons (Fsp3) is 0.857. The first-order chi connectivity index (χ1) is 8.32. The summed E-state index contributed by atoms with van der Waals surface area (Å²) in [6.07, 6.45) is 1.82. The van der Waals surface area contributed by atoms with Crippen molar-refractivity contribution in [3.63, 3.8) is 0 Å². The Bertz CT molecular complexity index is 265. The Morgan fingerprint density at radius 3 is 2.06 bits per heavy atom. The van der Waals surface area contributed by atoms with Gasteiger partial charge in [-0.2, -0.15) is 0 Å². The van der Waals surface area contributed by atoms with Crippen molar-refractivity contribution < 1.29 is 9.59 Å². The van der Waals surface area contributed by atoms with Crippen LogP contribution in [0.4, 0.5) is 0 Å². The lowest BCUT2D eigenvalue weighted by molar-refractivity contribution is -0.125. The molecule has 0 heterocycles. The van der Waals surface area contributed by atoms with Gasteiger partial charge in [0.2, 0.25) is 11.8 Å². The van der Waals surface area contributed by atoms with E-state index < -0.39 is 0 Å². The van der Waals surface area contributed by atoms with Crippen molar-refractivity contribution in [2.24, 2.45) is 17.8 Å². The molecule has 0 saturated heterocycles. The molecule has 4 heteroatoms. The van der Waals surface area contributed by atoms with Gasteiger partial charge in [0.05, 0.1) is 0 Å². The maximum atomic E-state index is 11.7. The number of rotatable bonds is 8. The number of amides is 2. The van der Waals surface area contributed by atoms with Gasteiger partial charge in [0.25, 0.3) is 0 Å². The van der Waals surface area contributed by atoms with E-state index in [4.69, 9.17) is 0 Å². The first kappa shape index (κ1) is 16.9. The van der Waals surface area contributed by atoms with Crippen molar-refractivity contribution in [3.8, 4) is 0 Å². The van der Waals surface area contributed by atoms with Crippen LogP contribution in [0.1, 0.15) is 47.5 Å². The lowest BCUT2D eigenvalue weighted by Crippen LogP contribution is -2.32. The van der Waals surface area contributed by atoms with Gasteiger partial charge in [0, 0.05) is 25.9 Å². The number of carbonyl (C=O) groups is 2. The van der Waals surface area contributed by atoms with Crippen molar-refractivity contribution in [1.29, 1.82) is 0 Å². The van der Waals surface area contributed by atoms with Crippen molar-refractivity contribution in [3.05, 3.63) is 0 Å². The van der Waals surface area contributed by atoms with E-state index in [9.17, 15) is 9.59 Å². The molecule has 0 rings (SSSR count). The summed E-state index contributed by atoms with van der Waals surface area (Å²) in [5, 5.41) is 5.75. The van der Waals surface area contributed by atoms with E-state index in [1.807, 2.05) is 6.92 Å². The normalized spacial score (nSPS) is 14.1. The molecule has 0 aliphatic rings. The molecule has 0 aromatic rings. The molecule has 0 radical (unpaired) electrons. The van der Waals surface area contributed by atoms with Gasteiger partial charge >= 0.3 is 0 Å². The predicted molar refractivity (Wildman–Crippen MR) is 74.1 cm³/mol. The molecule has 0 aromatic carbocycles. The molecule has 2 atom stereocenters. The summed E-state index contributed by atoms with van der Waals surface area (Å²) < 4.78 is 0. The first-order valence-electron chi connectivity index (χ1n) is 6.85. The largest absolute Gasteiger partial charge is 0.356 e. The molecule has 4 nitrogen and oxygen atoms in total. The highest BCUT2D eigenvalue weighted by Gasteiger charge is 2.14. The average Bonchev–Trinajstić information content (AvgIpc) is 2.30. The monoisotopic (exact) mass is 256 g/mol. The third kappa shape index (κ3) is 9.02. The van der Waals surface area contributed by atoms with Crippen molar-refractivity contribution in [2.45, 2.75) is 47.5 Å². The summed E-state index contributed by atoms with van der Waals surface area (Å²) in [5.74, 6) is 1.08. The molecule has 0 spiro atoms. The molecule has 0 saturated carbocycles. The molecule has 2 amide bonds. The summed E-state index contributed by atoms with van der Waals surface area (Å²) in [4.78, 5) is 22.5. The highest BCUT2D eigenvalue weighted by molar-refractivity contribution is 5.78. The van der Waals surface area contributed by atoms with Crippen LogP contribution in [-0.4, -0.2) is 24.9 Å². The third-order valence-corrected chi connectivity index (χ3v) is 2.92. The summed E-state index contributed by atoms with van der Waals surface area (Å²) in [5.41, 5.74) is 0. The fourth-order valence-electron chi connectivity index (χ4n) is 1.56. The Hall–Kier alpha value is -1.06. The quantitative estimate of drug-likeness (QED) is 0.697. The minimum atomic E-state index is 0.00424. The highest BCUT2D eigenvalue weighted by Crippen LogP contribution is 2.12. The molecule has 2 unspecified atom stereocenters. The van der Waals surface area contributed by atoms with Crippen LogP contribution in [0.3, 0.4) is 0 Å². The van der Waals surface area contributed by atoms with Crippen LogP contribution in [-0.2, 0) is 9.59 Å². The van der Waals surface area contributed by atoms with Crippen LogP contribution in [0.15, 0.2) is 0 Å². The molecule has 106 valence electrons. The summed E-state index contributed by atoms with van der Waals surface area (Å²) in [6, 6.07) is 0. The zero-order valence-electron chi connectivity index (χ0n) is 12.4. The van der Waals surface area contributed by atoms with E-state index in [0.717, 1.165) is 19.4 Å². The van der Waals surface area contributed by atoms with E-state index in [0.29, 0.717) is 18.4 Å². The van der Waals surface area contributed by atoms with Gasteiger partial charge in [-0.05, 0) is 24.7 Å². The zero-order chi connectivity index (χ0) is 14.1. The van der Waals surface area contributed by atoms with Gasteiger partial charge < -0.3 is 10.6 Å². The molecule has 0 aliphatic heterocycles. The number of nitrogens with one attached hydrogen (secondary N) is 2. The predicted octanol–water partition coefficient (Wildman–Crippen LogP) is 1.95. The molecule has 0 aliphatic carbocycles. The first-order valence-corrected chi connectivity index (χ1v) is 6.85. The van der Waals surface area contributed by atoms with E-state index in [2.05, 4.69) is 31.4 Å². The lowest BCUT2D eigenvalue weighted by atomic mass is 9.97. The minimum Gasteiger partial charge on any atom is -0.356 e. The van der Waals surface area contributed by atoms with Crippen molar-refractivity contribution >= 4 is 11.8 Å². The topological polar surface area (TPSA) is 58.2 Å². The Morgan fingerprint density at radius 2 is 1.56 bits per heavy atom. The molecular weight excluding hydrogens is 228 g/mol. The Labute approximate surface area is 111 Å². The fourth-order valence-corrected chi connectivity index (χ4v) is 1.56. The lowest BCUT2D eigenvalue weighted by Gasteiger charge is -2.16. The third-order valence-electron chi connectivity index (χ3n) is 2.92. The van der Waals surface area contributed by atoms with Gasteiger partial charge in [-0.15, -0.1) is 0 Å². The number of carbonyl (C=O) groups excluding carboxylic acids is 2. The molecule has 2 N–H and O–H groups in total. The van der Waals surface area contributed by atoms with Gasteiger partial charge in [0.1, 0.15) is 0 Å². The van der Waals surface area contributed by atoms with E-state index >= 15 is 0 Å².